The highest BCUT2D eigenvalue weighted by atomic mass is 16.2. The maximum atomic E-state index is 12.7. The maximum Gasteiger partial charge on any atom is 0.291 e. The van der Waals surface area contributed by atoms with E-state index >= 15 is 0 Å². The van der Waals surface area contributed by atoms with Crippen molar-refractivity contribution in [1.82, 2.24) is 25.0 Å². The molecule has 29 heavy (non-hydrogen) atoms. The van der Waals surface area contributed by atoms with Gasteiger partial charge in [0.05, 0.1) is 5.69 Å². The minimum atomic E-state index is -0.217. The van der Waals surface area contributed by atoms with Crippen molar-refractivity contribution in [1.29, 1.82) is 0 Å². The summed E-state index contributed by atoms with van der Waals surface area (Å²) in [6, 6.07) is 20.0. The van der Waals surface area contributed by atoms with Crippen LogP contribution in [0.1, 0.15) is 41.3 Å². The van der Waals surface area contributed by atoms with Crippen molar-refractivity contribution in [2.75, 3.05) is 26.2 Å². The molecule has 2 heterocycles. The number of aromatic nitrogens is 3. The van der Waals surface area contributed by atoms with Gasteiger partial charge in [-0.3, -0.25) is 4.79 Å². The summed E-state index contributed by atoms with van der Waals surface area (Å²) in [5, 5.41) is 7.51. The number of amides is 1. The predicted octanol–water partition coefficient (Wildman–Crippen LogP) is 3.07. The molecule has 6 nitrogen and oxygen atoms in total. The van der Waals surface area contributed by atoms with Crippen molar-refractivity contribution in [2.24, 2.45) is 0 Å². The van der Waals surface area contributed by atoms with Crippen LogP contribution < -0.4 is 5.32 Å². The molecule has 1 saturated heterocycles. The van der Waals surface area contributed by atoms with E-state index in [-0.39, 0.29) is 11.7 Å². The summed E-state index contributed by atoms with van der Waals surface area (Å²) in [7, 11) is 0. The van der Waals surface area contributed by atoms with E-state index in [2.05, 4.69) is 32.4 Å². The SMILES string of the molecule is O=C(NCCN1CCCCC1)c1nc(Cc2ccccc2)n(-c2ccccc2)n1. The molecule has 0 bridgehead atoms. The Morgan fingerprint density at radius 1 is 0.931 bits per heavy atom. The normalized spacial score (nSPS) is 14.6. The number of hydrogen-bond acceptors (Lipinski definition) is 4. The number of nitrogens with zero attached hydrogens (tertiary/aromatic N) is 4. The van der Waals surface area contributed by atoms with Crippen LogP contribution >= 0.6 is 0 Å². The molecule has 3 aromatic rings. The number of likely N-dealkylation sites (tertiary alicyclic amines) is 1. The molecule has 1 aromatic heterocycles. The molecule has 1 N–H and O–H groups in total. The molecule has 6 heteroatoms. The first kappa shape index (κ1) is 19.3. The molecule has 150 valence electrons. The molecule has 1 fully saturated rings. The number of piperidine rings is 1. The molecular weight excluding hydrogens is 362 g/mol. The highest BCUT2D eigenvalue weighted by Crippen LogP contribution is 2.14. The van der Waals surface area contributed by atoms with Gasteiger partial charge in [-0.15, -0.1) is 5.10 Å². The van der Waals surface area contributed by atoms with Gasteiger partial charge >= 0.3 is 0 Å². The second-order valence-corrected chi connectivity index (χ2v) is 7.42. The third kappa shape index (κ3) is 5.09. The van der Waals surface area contributed by atoms with Crippen molar-refractivity contribution >= 4 is 5.91 Å². The van der Waals surface area contributed by atoms with Gasteiger partial charge in [0.25, 0.3) is 5.91 Å². The highest BCUT2D eigenvalue weighted by molar-refractivity contribution is 5.90. The highest BCUT2D eigenvalue weighted by Gasteiger charge is 2.18. The van der Waals surface area contributed by atoms with E-state index < -0.39 is 0 Å². The molecule has 1 aliphatic heterocycles. The zero-order valence-electron chi connectivity index (χ0n) is 16.6. The Kier molecular flexibility index (Phi) is 6.32. The fraction of sp³-hybridized carbons (Fsp3) is 0.348. The van der Waals surface area contributed by atoms with Crippen LogP contribution in [0.5, 0.6) is 0 Å². The van der Waals surface area contributed by atoms with Crippen molar-refractivity contribution < 1.29 is 4.79 Å². The molecule has 1 amide bonds. The largest absolute Gasteiger partial charge is 0.348 e. The fourth-order valence-electron chi connectivity index (χ4n) is 3.70. The number of nitrogens with one attached hydrogen (secondary N) is 1. The summed E-state index contributed by atoms with van der Waals surface area (Å²) in [6.45, 7) is 3.74. The van der Waals surface area contributed by atoms with Gasteiger partial charge in [-0.1, -0.05) is 55.0 Å². The van der Waals surface area contributed by atoms with Crippen LogP contribution in [-0.4, -0.2) is 51.8 Å². The van der Waals surface area contributed by atoms with Crippen LogP contribution in [0.25, 0.3) is 5.69 Å². The van der Waals surface area contributed by atoms with Crippen LogP contribution in [-0.2, 0) is 6.42 Å². The van der Waals surface area contributed by atoms with Crippen molar-refractivity contribution in [3.63, 3.8) is 0 Å². The lowest BCUT2D eigenvalue weighted by Crippen LogP contribution is -2.37. The minimum Gasteiger partial charge on any atom is -0.348 e. The first-order valence-corrected chi connectivity index (χ1v) is 10.4. The zero-order valence-corrected chi connectivity index (χ0v) is 16.6. The Bertz CT molecular complexity index is 917. The van der Waals surface area contributed by atoms with Gasteiger partial charge in [-0.25, -0.2) is 9.67 Å². The van der Waals surface area contributed by atoms with Crippen LogP contribution in [0.2, 0.25) is 0 Å². The smallest absolute Gasteiger partial charge is 0.291 e. The van der Waals surface area contributed by atoms with E-state index in [1.165, 1.54) is 19.3 Å². The third-order valence-corrected chi connectivity index (χ3v) is 5.25. The average molecular weight is 390 g/mol. The van der Waals surface area contributed by atoms with E-state index in [0.29, 0.717) is 13.0 Å². The first-order valence-electron chi connectivity index (χ1n) is 10.4. The molecule has 0 saturated carbocycles. The fourth-order valence-corrected chi connectivity index (χ4v) is 3.70. The van der Waals surface area contributed by atoms with Crippen molar-refractivity contribution in [3.05, 3.63) is 77.9 Å². The number of para-hydroxylation sites is 1. The van der Waals surface area contributed by atoms with Crippen LogP contribution in [0, 0.1) is 0 Å². The molecule has 4 rings (SSSR count). The summed E-state index contributed by atoms with van der Waals surface area (Å²) in [6.07, 6.45) is 4.43. The van der Waals surface area contributed by atoms with Gasteiger partial charge in [0, 0.05) is 19.5 Å². The van der Waals surface area contributed by atoms with Gasteiger partial charge < -0.3 is 10.2 Å². The molecule has 1 aliphatic rings. The second kappa shape index (κ2) is 9.47. The quantitative estimate of drug-likeness (QED) is 0.675. The van der Waals surface area contributed by atoms with Gasteiger partial charge in [0.1, 0.15) is 5.82 Å². The van der Waals surface area contributed by atoms with E-state index in [4.69, 9.17) is 0 Å². The Labute approximate surface area is 171 Å². The molecule has 0 aliphatic carbocycles. The predicted molar refractivity (Wildman–Crippen MR) is 113 cm³/mol. The number of benzene rings is 2. The minimum absolute atomic E-state index is 0.217. The molecule has 0 radical (unpaired) electrons. The topological polar surface area (TPSA) is 63.1 Å². The Hall–Kier alpha value is -2.99. The average Bonchev–Trinajstić information content (AvgIpc) is 3.20. The third-order valence-electron chi connectivity index (χ3n) is 5.25. The standard InChI is InChI=1S/C23H27N5O/c29-23(24-14-17-27-15-8-3-9-16-27)22-25-21(18-19-10-4-1-5-11-19)28(26-22)20-12-6-2-7-13-20/h1-2,4-7,10-13H,3,8-9,14-18H2,(H,24,29). The lowest BCUT2D eigenvalue weighted by atomic mass is 10.1. The summed E-state index contributed by atoms with van der Waals surface area (Å²) >= 11 is 0. The number of carbonyl (C=O) groups excluding carboxylic acids is 1. The zero-order chi connectivity index (χ0) is 19.9. The lowest BCUT2D eigenvalue weighted by Gasteiger charge is -2.26. The van der Waals surface area contributed by atoms with E-state index in [1.807, 2.05) is 48.5 Å². The summed E-state index contributed by atoms with van der Waals surface area (Å²) < 4.78 is 1.77. The van der Waals surface area contributed by atoms with Gasteiger partial charge in [0.2, 0.25) is 5.82 Å². The number of rotatable bonds is 7. The van der Waals surface area contributed by atoms with Gasteiger partial charge in [-0.2, -0.15) is 0 Å². The Morgan fingerprint density at radius 2 is 1.62 bits per heavy atom. The van der Waals surface area contributed by atoms with Gasteiger partial charge in [-0.05, 0) is 43.6 Å². The van der Waals surface area contributed by atoms with Crippen LogP contribution in [0.4, 0.5) is 0 Å². The van der Waals surface area contributed by atoms with Crippen molar-refractivity contribution in [3.8, 4) is 5.69 Å². The Morgan fingerprint density at radius 3 is 2.34 bits per heavy atom. The molecular formula is C23H27N5O. The van der Waals surface area contributed by atoms with Crippen LogP contribution in [0.3, 0.4) is 0 Å². The molecule has 2 aromatic carbocycles. The number of carbonyl (C=O) groups is 1. The molecule has 0 atom stereocenters. The van der Waals surface area contributed by atoms with E-state index in [1.54, 1.807) is 4.68 Å². The van der Waals surface area contributed by atoms with Crippen molar-refractivity contribution in [2.45, 2.75) is 25.7 Å². The molecule has 0 unspecified atom stereocenters. The van der Waals surface area contributed by atoms with Gasteiger partial charge in [0.15, 0.2) is 0 Å². The second-order valence-electron chi connectivity index (χ2n) is 7.42. The number of hydrogen-bond donors (Lipinski definition) is 1. The molecule has 0 spiro atoms. The summed E-state index contributed by atoms with van der Waals surface area (Å²) in [4.78, 5) is 19.6. The summed E-state index contributed by atoms with van der Waals surface area (Å²) in [5.74, 6) is 0.757. The Balaban J connectivity index is 1.48. The maximum absolute atomic E-state index is 12.7. The lowest BCUT2D eigenvalue weighted by molar-refractivity contribution is 0.0936. The van der Waals surface area contributed by atoms with Crippen LogP contribution in [0.15, 0.2) is 60.7 Å². The summed E-state index contributed by atoms with van der Waals surface area (Å²) in [5.41, 5.74) is 2.03. The first-order chi connectivity index (χ1) is 14.3. The van der Waals surface area contributed by atoms with E-state index in [9.17, 15) is 4.79 Å². The monoisotopic (exact) mass is 389 g/mol. The van der Waals surface area contributed by atoms with E-state index in [0.717, 1.165) is 36.7 Å².